The third kappa shape index (κ3) is 3.13. The van der Waals surface area contributed by atoms with E-state index in [1.165, 1.54) is 0 Å². The van der Waals surface area contributed by atoms with Gasteiger partial charge < -0.3 is 11.1 Å². The number of nitrogens with zero attached hydrogens (tertiary/aromatic N) is 4. The van der Waals surface area contributed by atoms with Crippen LogP contribution >= 0.6 is 11.6 Å². The van der Waals surface area contributed by atoms with Crippen LogP contribution in [0, 0.1) is 5.82 Å². The van der Waals surface area contributed by atoms with Gasteiger partial charge in [0.15, 0.2) is 17.5 Å². The Hall–Kier alpha value is -3.20. The predicted octanol–water partition coefficient (Wildman–Crippen LogP) is 3.66. The maximum Gasteiger partial charge on any atom is 0.222 e. The molecule has 1 aliphatic carbocycles. The van der Waals surface area contributed by atoms with Gasteiger partial charge in [-0.2, -0.15) is 15.2 Å². The first-order valence-electron chi connectivity index (χ1n) is 8.82. The largest absolute Gasteiger partial charge is 0.368 e. The second kappa shape index (κ2) is 6.45. The number of hydrogen-bond acceptors (Lipinski definition) is 6. The van der Waals surface area contributed by atoms with Gasteiger partial charge in [-0.25, -0.2) is 9.37 Å². The summed E-state index contributed by atoms with van der Waals surface area (Å²) in [4.78, 5) is 8.08. The van der Waals surface area contributed by atoms with Gasteiger partial charge in [-0.15, -0.1) is 0 Å². The molecule has 1 aromatic carbocycles. The summed E-state index contributed by atoms with van der Waals surface area (Å²) in [5.74, 6) is 0.384. The fourth-order valence-electron chi connectivity index (χ4n) is 3.25. The summed E-state index contributed by atoms with van der Waals surface area (Å²) < 4.78 is 15.1. The first-order valence-corrected chi connectivity index (χ1v) is 9.20. The van der Waals surface area contributed by atoms with Crippen molar-refractivity contribution in [1.29, 1.82) is 0 Å². The van der Waals surface area contributed by atoms with Crippen molar-refractivity contribution in [2.24, 2.45) is 0 Å². The molecule has 1 aliphatic rings. The molecule has 5 N–H and O–H groups in total. The molecule has 10 heteroatoms. The monoisotopic (exact) mass is 398 g/mol. The average Bonchev–Trinajstić information content (AvgIpc) is 3.21. The van der Waals surface area contributed by atoms with Gasteiger partial charge >= 0.3 is 0 Å². The summed E-state index contributed by atoms with van der Waals surface area (Å²) in [7, 11) is 0. The van der Waals surface area contributed by atoms with Crippen LogP contribution in [0.15, 0.2) is 24.4 Å². The SMILES string of the molecule is Nc1nc(Cc2cc(Cl)cc3[nH]ncc23)c(F)c(Nc2cc(C3CC3)[nH]n2)n1. The van der Waals surface area contributed by atoms with Crippen LogP contribution in [-0.4, -0.2) is 30.4 Å². The fraction of sp³-hybridized carbons (Fsp3) is 0.222. The summed E-state index contributed by atoms with van der Waals surface area (Å²) in [5.41, 5.74) is 8.58. The molecule has 0 saturated heterocycles. The van der Waals surface area contributed by atoms with Gasteiger partial charge in [0.25, 0.3) is 0 Å². The average molecular weight is 399 g/mol. The summed E-state index contributed by atoms with van der Waals surface area (Å²) in [6.45, 7) is 0. The van der Waals surface area contributed by atoms with Gasteiger partial charge in [0.2, 0.25) is 5.95 Å². The highest BCUT2D eigenvalue weighted by Gasteiger charge is 2.26. The lowest BCUT2D eigenvalue weighted by molar-refractivity contribution is 0.602. The number of anilines is 3. The zero-order chi connectivity index (χ0) is 19.3. The second-order valence-electron chi connectivity index (χ2n) is 6.87. The topological polar surface area (TPSA) is 121 Å². The molecular formula is C18H16ClFN8. The minimum absolute atomic E-state index is 0.0122. The molecule has 142 valence electrons. The van der Waals surface area contributed by atoms with Crippen molar-refractivity contribution in [2.45, 2.75) is 25.2 Å². The standard InChI is InChI=1S/C18H16ClFN8/c19-10-3-9(11-7-22-26-13(11)5-10)4-14-16(20)17(25-18(21)23-14)24-15-6-12(27-28-15)8-1-2-8/h3,5-8H,1-2,4H2,(H,22,26)(H4,21,23,24,25,27,28). The number of aromatic amines is 2. The number of nitrogens with two attached hydrogens (primary N) is 1. The van der Waals surface area contributed by atoms with Crippen LogP contribution in [0.2, 0.25) is 5.02 Å². The van der Waals surface area contributed by atoms with E-state index in [4.69, 9.17) is 17.3 Å². The van der Waals surface area contributed by atoms with Crippen LogP contribution < -0.4 is 11.1 Å². The Morgan fingerprint density at radius 1 is 1.21 bits per heavy atom. The van der Waals surface area contributed by atoms with E-state index in [1.807, 2.05) is 6.07 Å². The molecule has 5 rings (SSSR count). The molecule has 0 radical (unpaired) electrons. The molecule has 1 saturated carbocycles. The van der Waals surface area contributed by atoms with E-state index >= 15 is 4.39 Å². The van der Waals surface area contributed by atoms with Crippen LogP contribution in [0.1, 0.15) is 35.7 Å². The van der Waals surface area contributed by atoms with Gasteiger partial charge in [-0.3, -0.25) is 10.2 Å². The first-order chi connectivity index (χ1) is 13.6. The third-order valence-corrected chi connectivity index (χ3v) is 4.98. The van der Waals surface area contributed by atoms with E-state index in [-0.39, 0.29) is 23.9 Å². The Labute approximate surface area is 163 Å². The van der Waals surface area contributed by atoms with E-state index in [0.29, 0.717) is 16.8 Å². The lowest BCUT2D eigenvalue weighted by Crippen LogP contribution is -2.08. The number of fused-ring (bicyclic) bond motifs is 1. The molecule has 8 nitrogen and oxygen atoms in total. The van der Waals surface area contributed by atoms with Crippen molar-refractivity contribution < 1.29 is 4.39 Å². The highest BCUT2D eigenvalue weighted by atomic mass is 35.5. The van der Waals surface area contributed by atoms with Crippen molar-refractivity contribution in [3.8, 4) is 0 Å². The minimum atomic E-state index is -0.582. The smallest absolute Gasteiger partial charge is 0.222 e. The van der Waals surface area contributed by atoms with Crippen LogP contribution in [0.4, 0.5) is 22.0 Å². The zero-order valence-corrected chi connectivity index (χ0v) is 15.4. The maximum atomic E-state index is 15.1. The van der Waals surface area contributed by atoms with Crippen LogP contribution in [-0.2, 0) is 6.42 Å². The fourth-order valence-corrected chi connectivity index (χ4v) is 3.49. The zero-order valence-electron chi connectivity index (χ0n) is 14.6. The van der Waals surface area contributed by atoms with E-state index < -0.39 is 5.82 Å². The molecule has 3 aromatic heterocycles. The summed E-state index contributed by atoms with van der Waals surface area (Å²) in [6.07, 6.45) is 4.15. The Kier molecular flexibility index (Phi) is 3.90. The Bertz CT molecular complexity index is 1180. The Morgan fingerprint density at radius 2 is 2.07 bits per heavy atom. The molecular weight excluding hydrogens is 383 g/mol. The molecule has 1 fully saturated rings. The molecule has 0 spiro atoms. The summed E-state index contributed by atoms with van der Waals surface area (Å²) >= 11 is 6.17. The number of aromatic nitrogens is 6. The summed E-state index contributed by atoms with van der Waals surface area (Å²) in [5, 5.41) is 18.3. The van der Waals surface area contributed by atoms with Crippen molar-refractivity contribution in [1.82, 2.24) is 30.4 Å². The third-order valence-electron chi connectivity index (χ3n) is 4.77. The number of rotatable bonds is 5. The van der Waals surface area contributed by atoms with Crippen LogP contribution in [0.5, 0.6) is 0 Å². The van der Waals surface area contributed by atoms with E-state index in [1.54, 1.807) is 18.3 Å². The van der Waals surface area contributed by atoms with E-state index in [0.717, 1.165) is 35.0 Å². The lowest BCUT2D eigenvalue weighted by atomic mass is 10.0. The van der Waals surface area contributed by atoms with Gasteiger partial charge in [-0.05, 0) is 30.5 Å². The maximum absolute atomic E-state index is 15.1. The highest BCUT2D eigenvalue weighted by molar-refractivity contribution is 6.31. The quantitative estimate of drug-likeness (QED) is 0.407. The number of nitrogen functional groups attached to an aromatic ring is 1. The number of H-pyrrole nitrogens is 2. The predicted molar refractivity (Wildman–Crippen MR) is 104 cm³/mol. The van der Waals surface area contributed by atoms with Gasteiger partial charge in [-0.1, -0.05) is 11.6 Å². The number of benzene rings is 1. The van der Waals surface area contributed by atoms with Gasteiger partial charge in [0.05, 0.1) is 17.4 Å². The number of halogens is 2. The van der Waals surface area contributed by atoms with Crippen molar-refractivity contribution in [3.63, 3.8) is 0 Å². The van der Waals surface area contributed by atoms with Crippen LogP contribution in [0.25, 0.3) is 10.9 Å². The van der Waals surface area contributed by atoms with E-state index in [2.05, 4.69) is 35.7 Å². The molecule has 0 aliphatic heterocycles. The van der Waals surface area contributed by atoms with Crippen molar-refractivity contribution >= 4 is 40.1 Å². The molecule has 0 bridgehead atoms. The lowest BCUT2D eigenvalue weighted by Gasteiger charge is -2.10. The highest BCUT2D eigenvalue weighted by Crippen LogP contribution is 2.39. The van der Waals surface area contributed by atoms with E-state index in [9.17, 15) is 0 Å². The Morgan fingerprint density at radius 3 is 2.89 bits per heavy atom. The first kappa shape index (κ1) is 16.9. The minimum Gasteiger partial charge on any atom is -0.368 e. The molecule has 3 heterocycles. The molecule has 0 unspecified atom stereocenters. The summed E-state index contributed by atoms with van der Waals surface area (Å²) in [6, 6.07) is 5.39. The number of hydrogen-bond donors (Lipinski definition) is 4. The second-order valence-corrected chi connectivity index (χ2v) is 7.31. The molecule has 4 aromatic rings. The van der Waals surface area contributed by atoms with Gasteiger partial charge in [0.1, 0.15) is 0 Å². The van der Waals surface area contributed by atoms with Crippen molar-refractivity contribution in [3.05, 3.63) is 52.2 Å². The molecule has 0 amide bonds. The Balaban J connectivity index is 1.48. The van der Waals surface area contributed by atoms with Crippen molar-refractivity contribution in [2.75, 3.05) is 11.1 Å². The normalized spacial score (nSPS) is 13.9. The number of nitrogens with one attached hydrogen (secondary N) is 3. The molecule has 0 atom stereocenters. The van der Waals surface area contributed by atoms with Crippen LogP contribution in [0.3, 0.4) is 0 Å². The van der Waals surface area contributed by atoms with Gasteiger partial charge in [0, 0.05) is 34.5 Å². The molecule has 28 heavy (non-hydrogen) atoms.